The van der Waals surface area contributed by atoms with Crippen LogP contribution in [0.2, 0.25) is 0 Å². The smallest absolute Gasteiger partial charge is 0.340 e. The second-order valence-corrected chi connectivity index (χ2v) is 4.50. The van der Waals surface area contributed by atoms with Crippen LogP contribution in [0.5, 0.6) is 5.88 Å². The van der Waals surface area contributed by atoms with Crippen molar-refractivity contribution < 1.29 is 14.3 Å². The van der Waals surface area contributed by atoms with E-state index in [-0.39, 0.29) is 18.0 Å². The monoisotopic (exact) mass is 239 g/mol. The van der Waals surface area contributed by atoms with E-state index in [2.05, 4.69) is 4.98 Å². The highest BCUT2D eigenvalue weighted by molar-refractivity contribution is 5.91. The van der Waals surface area contributed by atoms with E-state index in [1.54, 1.807) is 13.0 Å². The number of esters is 1. The summed E-state index contributed by atoms with van der Waals surface area (Å²) in [6.45, 7) is 10.1. The van der Waals surface area contributed by atoms with Crippen LogP contribution >= 0.6 is 0 Å². The quantitative estimate of drug-likeness (QED) is 0.803. The largest absolute Gasteiger partial charge is 0.476 e. The van der Waals surface area contributed by atoms with Gasteiger partial charge in [-0.25, -0.2) is 4.79 Å². The minimum Gasteiger partial charge on any atom is -0.476 e. The summed E-state index contributed by atoms with van der Waals surface area (Å²) in [6.07, 6.45) is 0.0729. The van der Waals surface area contributed by atoms with Gasteiger partial charge in [0.05, 0.1) is 18.3 Å². The van der Waals surface area contributed by atoms with E-state index in [0.29, 0.717) is 18.1 Å². The molecule has 0 bridgehead atoms. The molecule has 0 saturated heterocycles. The SMILES string of the molecule is CCOC(=O)c1cc(OC(C)C)[nH]c1C(C)C. The van der Waals surface area contributed by atoms with Gasteiger partial charge in [-0.05, 0) is 26.7 Å². The lowest BCUT2D eigenvalue weighted by molar-refractivity contribution is 0.0524. The highest BCUT2D eigenvalue weighted by Crippen LogP contribution is 2.25. The van der Waals surface area contributed by atoms with E-state index in [9.17, 15) is 4.79 Å². The highest BCUT2D eigenvalue weighted by atomic mass is 16.5. The van der Waals surface area contributed by atoms with Gasteiger partial charge in [0.25, 0.3) is 0 Å². The lowest BCUT2D eigenvalue weighted by Gasteiger charge is -2.07. The van der Waals surface area contributed by atoms with E-state index in [1.807, 2.05) is 27.7 Å². The molecule has 4 heteroatoms. The molecule has 0 atom stereocenters. The molecule has 0 spiro atoms. The summed E-state index contributed by atoms with van der Waals surface area (Å²) in [5.41, 5.74) is 1.43. The number of aromatic nitrogens is 1. The first kappa shape index (κ1) is 13.6. The van der Waals surface area contributed by atoms with Crippen molar-refractivity contribution in [2.45, 2.75) is 46.6 Å². The Balaban J connectivity index is 3.00. The minimum absolute atomic E-state index is 0.0729. The van der Waals surface area contributed by atoms with Gasteiger partial charge in [0.1, 0.15) is 0 Å². The van der Waals surface area contributed by atoms with Crippen LogP contribution in [0.15, 0.2) is 6.07 Å². The van der Waals surface area contributed by atoms with Crippen molar-refractivity contribution in [1.82, 2.24) is 4.98 Å². The van der Waals surface area contributed by atoms with Gasteiger partial charge in [-0.2, -0.15) is 0 Å². The van der Waals surface area contributed by atoms with Gasteiger partial charge < -0.3 is 14.5 Å². The fraction of sp³-hybridized carbons (Fsp3) is 0.615. The molecule has 0 unspecified atom stereocenters. The van der Waals surface area contributed by atoms with Crippen LogP contribution in [0.25, 0.3) is 0 Å². The van der Waals surface area contributed by atoms with Gasteiger partial charge in [-0.15, -0.1) is 0 Å². The molecular weight excluding hydrogens is 218 g/mol. The molecule has 0 radical (unpaired) electrons. The zero-order valence-corrected chi connectivity index (χ0v) is 11.2. The van der Waals surface area contributed by atoms with Gasteiger partial charge in [0, 0.05) is 11.8 Å². The normalized spacial score (nSPS) is 11.0. The molecule has 1 rings (SSSR count). The van der Waals surface area contributed by atoms with Gasteiger partial charge in [-0.1, -0.05) is 13.8 Å². The van der Waals surface area contributed by atoms with Crippen LogP contribution in [0, 0.1) is 0 Å². The Morgan fingerprint density at radius 3 is 2.47 bits per heavy atom. The molecule has 1 aromatic rings. The lowest BCUT2D eigenvalue weighted by Crippen LogP contribution is -2.07. The van der Waals surface area contributed by atoms with E-state index >= 15 is 0 Å². The zero-order valence-electron chi connectivity index (χ0n) is 11.2. The van der Waals surface area contributed by atoms with Crippen LogP contribution in [0.3, 0.4) is 0 Å². The van der Waals surface area contributed by atoms with Crippen LogP contribution in [0.1, 0.15) is 56.6 Å². The minimum atomic E-state index is -0.300. The molecule has 1 heterocycles. The van der Waals surface area contributed by atoms with Crippen LogP contribution in [-0.4, -0.2) is 23.7 Å². The topological polar surface area (TPSA) is 51.3 Å². The lowest BCUT2D eigenvalue weighted by atomic mass is 10.1. The molecule has 0 aromatic carbocycles. The van der Waals surface area contributed by atoms with Gasteiger partial charge in [-0.3, -0.25) is 0 Å². The summed E-state index contributed by atoms with van der Waals surface area (Å²) in [6, 6.07) is 1.72. The van der Waals surface area contributed by atoms with Crippen molar-refractivity contribution in [3.8, 4) is 5.88 Å². The molecule has 0 aliphatic carbocycles. The van der Waals surface area contributed by atoms with E-state index in [1.165, 1.54) is 0 Å². The van der Waals surface area contributed by atoms with Crippen molar-refractivity contribution in [2.75, 3.05) is 6.61 Å². The molecule has 0 saturated carbocycles. The molecular formula is C13H21NO3. The van der Waals surface area contributed by atoms with Gasteiger partial charge in [0.15, 0.2) is 5.88 Å². The predicted octanol–water partition coefficient (Wildman–Crippen LogP) is 3.10. The van der Waals surface area contributed by atoms with Crippen molar-refractivity contribution in [1.29, 1.82) is 0 Å². The number of nitrogens with one attached hydrogen (secondary N) is 1. The summed E-state index contributed by atoms with van der Waals surface area (Å²) in [4.78, 5) is 14.9. The Bertz CT molecular complexity index is 380. The molecule has 0 amide bonds. The van der Waals surface area contributed by atoms with Gasteiger partial charge in [0.2, 0.25) is 0 Å². The number of carbonyl (C=O) groups is 1. The van der Waals surface area contributed by atoms with Crippen LogP contribution in [0.4, 0.5) is 0 Å². The Hall–Kier alpha value is -1.45. The number of rotatable bonds is 5. The molecule has 0 fully saturated rings. The summed E-state index contributed by atoms with van der Waals surface area (Å²) in [7, 11) is 0. The maximum atomic E-state index is 11.8. The third-order valence-corrected chi connectivity index (χ3v) is 2.26. The molecule has 17 heavy (non-hydrogen) atoms. The number of aromatic amines is 1. The molecule has 0 aliphatic heterocycles. The first-order chi connectivity index (χ1) is 7.95. The van der Waals surface area contributed by atoms with Crippen LogP contribution in [-0.2, 0) is 4.74 Å². The Kier molecular flexibility index (Phi) is 4.61. The molecule has 4 nitrogen and oxygen atoms in total. The number of ether oxygens (including phenoxy) is 2. The van der Waals surface area contributed by atoms with E-state index in [4.69, 9.17) is 9.47 Å². The maximum absolute atomic E-state index is 11.8. The summed E-state index contributed by atoms with van der Waals surface area (Å²) >= 11 is 0. The number of hydrogen-bond donors (Lipinski definition) is 1. The zero-order chi connectivity index (χ0) is 13.0. The molecule has 0 aliphatic rings. The Labute approximate surface area is 102 Å². The van der Waals surface area contributed by atoms with Crippen molar-refractivity contribution in [3.63, 3.8) is 0 Å². The standard InChI is InChI=1S/C13H21NO3/c1-6-16-13(15)10-7-11(17-9(4)5)14-12(10)8(2)3/h7-9,14H,6H2,1-5H3. The van der Waals surface area contributed by atoms with Crippen molar-refractivity contribution >= 4 is 5.97 Å². The summed E-state index contributed by atoms with van der Waals surface area (Å²) in [5, 5.41) is 0. The van der Waals surface area contributed by atoms with E-state index in [0.717, 1.165) is 5.69 Å². The number of H-pyrrole nitrogens is 1. The van der Waals surface area contributed by atoms with Crippen molar-refractivity contribution in [2.24, 2.45) is 0 Å². The Morgan fingerprint density at radius 2 is 2.00 bits per heavy atom. The average Bonchev–Trinajstić information content (AvgIpc) is 2.61. The predicted molar refractivity (Wildman–Crippen MR) is 66.6 cm³/mol. The number of hydrogen-bond acceptors (Lipinski definition) is 3. The maximum Gasteiger partial charge on any atom is 0.340 e. The van der Waals surface area contributed by atoms with Crippen molar-refractivity contribution in [3.05, 3.63) is 17.3 Å². The van der Waals surface area contributed by atoms with Crippen LogP contribution < -0.4 is 4.74 Å². The fourth-order valence-corrected chi connectivity index (χ4v) is 1.60. The molecule has 96 valence electrons. The van der Waals surface area contributed by atoms with Gasteiger partial charge >= 0.3 is 5.97 Å². The third kappa shape index (κ3) is 3.51. The molecule has 1 N–H and O–H groups in total. The summed E-state index contributed by atoms with van der Waals surface area (Å²) in [5.74, 6) is 0.539. The second-order valence-electron chi connectivity index (χ2n) is 4.50. The first-order valence-electron chi connectivity index (χ1n) is 6.02. The average molecular weight is 239 g/mol. The molecule has 1 aromatic heterocycles. The second kappa shape index (κ2) is 5.75. The first-order valence-corrected chi connectivity index (χ1v) is 6.02. The van der Waals surface area contributed by atoms with E-state index < -0.39 is 0 Å². The third-order valence-electron chi connectivity index (χ3n) is 2.26. The fourth-order valence-electron chi connectivity index (χ4n) is 1.60. The number of carbonyl (C=O) groups excluding carboxylic acids is 1. The highest BCUT2D eigenvalue weighted by Gasteiger charge is 2.19. The Morgan fingerprint density at radius 1 is 1.35 bits per heavy atom. The summed E-state index contributed by atoms with van der Waals surface area (Å²) < 4.78 is 10.6.